The Balaban J connectivity index is 1.19. The molecular weight excluding hydrogens is 669 g/mol. The molecule has 1 unspecified atom stereocenters. The van der Waals surface area contributed by atoms with Gasteiger partial charge in [-0.05, 0) is 73.4 Å². The molecule has 0 bridgehead atoms. The Morgan fingerprint density at radius 1 is 0.920 bits per heavy atom. The van der Waals surface area contributed by atoms with Crippen molar-refractivity contribution < 1.29 is 4.58 Å². The smallest absolute Gasteiger partial charge is 0.209 e. The second kappa shape index (κ2) is 14.2. The Morgan fingerprint density at radius 2 is 1.64 bits per heavy atom. The molecule has 4 aromatic rings. The second-order valence-electron chi connectivity index (χ2n) is 14.6. The first-order valence-electron chi connectivity index (χ1n) is 17.6. The fraction of sp³-hybridized carbons (Fsp3) is 0.326. The summed E-state index contributed by atoms with van der Waals surface area (Å²) in [6.45, 7) is 13.4. The van der Waals surface area contributed by atoms with Crippen LogP contribution in [0.2, 0.25) is 0 Å². The van der Waals surface area contributed by atoms with Gasteiger partial charge in [-0.25, -0.2) is 0 Å². The molecule has 1 aromatic heterocycles. The van der Waals surface area contributed by atoms with Crippen LogP contribution in [0.1, 0.15) is 75.6 Å². The summed E-state index contributed by atoms with van der Waals surface area (Å²) in [7, 11) is 4.47. The number of rotatable bonds is 10. The van der Waals surface area contributed by atoms with E-state index >= 15 is 0 Å². The number of thioether (sulfide) groups is 2. The number of fused-ring (bicyclic) bond motifs is 2. The molecule has 3 aromatic carbocycles. The fourth-order valence-corrected chi connectivity index (χ4v) is 11.2. The molecular formula is C43H47N4S3+. The molecule has 0 fully saturated rings. The third kappa shape index (κ3) is 6.60. The third-order valence-electron chi connectivity index (χ3n) is 10.9. The highest BCUT2D eigenvalue weighted by molar-refractivity contribution is 8.05. The van der Waals surface area contributed by atoms with Gasteiger partial charge in [0, 0.05) is 52.6 Å². The zero-order valence-electron chi connectivity index (χ0n) is 30.1. The molecule has 3 heterocycles. The molecule has 0 radical (unpaired) electrons. The van der Waals surface area contributed by atoms with Crippen molar-refractivity contribution in [1.29, 1.82) is 0 Å². The highest BCUT2D eigenvalue weighted by Crippen LogP contribution is 2.48. The summed E-state index contributed by atoms with van der Waals surface area (Å²) in [4.78, 5) is 3.85. The summed E-state index contributed by atoms with van der Waals surface area (Å²) in [5.41, 5.74) is 12.1. The summed E-state index contributed by atoms with van der Waals surface area (Å²) in [5, 5.41) is 9.33. The maximum absolute atomic E-state index is 4.71. The number of nitrogens with zero attached hydrogens (tertiary/aromatic N) is 4. The summed E-state index contributed by atoms with van der Waals surface area (Å²) in [5.74, 6) is 0.871. The summed E-state index contributed by atoms with van der Waals surface area (Å²) in [6.07, 6.45) is 13.5. The lowest BCUT2D eigenvalue weighted by atomic mass is 9.78. The van der Waals surface area contributed by atoms with Crippen molar-refractivity contribution in [3.63, 3.8) is 0 Å². The lowest BCUT2D eigenvalue weighted by Gasteiger charge is -2.32. The van der Waals surface area contributed by atoms with E-state index in [1.807, 2.05) is 17.8 Å². The average Bonchev–Trinajstić information content (AvgIpc) is 3.71. The molecule has 0 spiro atoms. The molecule has 0 N–H and O–H groups in total. The molecule has 4 nitrogen and oxygen atoms in total. The highest BCUT2D eigenvalue weighted by Gasteiger charge is 2.43. The minimum atomic E-state index is -0.0615. The molecule has 1 atom stereocenters. The molecule has 3 aliphatic rings. The fourth-order valence-electron chi connectivity index (χ4n) is 8.01. The standard InChI is InChI=1S/C43H47N4S3/c1-8-29-20-22-30(23-21-29)28-48-40-44-45-41(50-40)49-39-31(24-26-37-42(2,3)33-16-9-11-18-35(33)46(37)6)14-13-15-32(39)25-27-38-43(4,5)34-17-10-12-19-36(34)47(38)7/h8-12,16-26,38H,1,13-15,27-28H2,2-7H3/q+1/b26-24+,32-25+. The van der Waals surface area contributed by atoms with Crippen LogP contribution >= 0.6 is 34.9 Å². The van der Waals surface area contributed by atoms with E-state index < -0.39 is 0 Å². The largest absolute Gasteiger partial charge is 0.370 e. The predicted molar refractivity (Wildman–Crippen MR) is 217 cm³/mol. The Hall–Kier alpha value is -3.65. The van der Waals surface area contributed by atoms with Gasteiger partial charge >= 0.3 is 0 Å². The predicted octanol–water partition coefficient (Wildman–Crippen LogP) is 11.4. The van der Waals surface area contributed by atoms with Crippen LogP contribution in [0.15, 0.2) is 122 Å². The SMILES string of the molecule is C=Cc1ccc(CSc2nnc(SC3=C(/C=C/C4=[N+](C)c5ccccc5C4(C)C)CCC/C3=C\CC3N(C)c4ccccc4C3(C)C)s2)cc1. The number of para-hydroxylation sites is 2. The van der Waals surface area contributed by atoms with E-state index in [1.165, 1.54) is 49.8 Å². The zero-order valence-corrected chi connectivity index (χ0v) is 32.5. The van der Waals surface area contributed by atoms with E-state index in [4.69, 9.17) is 5.10 Å². The van der Waals surface area contributed by atoms with E-state index in [0.29, 0.717) is 6.04 Å². The molecule has 0 amide bonds. The van der Waals surface area contributed by atoms with Gasteiger partial charge in [0.25, 0.3) is 0 Å². The third-order valence-corrected chi connectivity index (χ3v) is 14.3. The summed E-state index contributed by atoms with van der Waals surface area (Å²) >= 11 is 5.28. The van der Waals surface area contributed by atoms with Crippen LogP contribution in [0, 0.1) is 0 Å². The van der Waals surface area contributed by atoms with Crippen molar-refractivity contribution in [2.45, 2.75) is 84.7 Å². The number of allylic oxidation sites excluding steroid dienone is 4. The number of benzene rings is 3. The second-order valence-corrected chi connectivity index (χ2v) is 18.1. The first-order chi connectivity index (χ1) is 24.1. The minimum Gasteiger partial charge on any atom is -0.370 e. The van der Waals surface area contributed by atoms with Gasteiger partial charge in [-0.1, -0.05) is 134 Å². The van der Waals surface area contributed by atoms with Crippen molar-refractivity contribution in [2.75, 3.05) is 19.0 Å². The Kier molecular flexibility index (Phi) is 9.86. The van der Waals surface area contributed by atoms with Crippen molar-refractivity contribution in [3.8, 4) is 0 Å². The molecule has 7 rings (SSSR count). The monoisotopic (exact) mass is 715 g/mol. The van der Waals surface area contributed by atoms with E-state index in [9.17, 15) is 0 Å². The topological polar surface area (TPSA) is 32.0 Å². The highest BCUT2D eigenvalue weighted by atomic mass is 32.2. The Morgan fingerprint density at radius 3 is 2.38 bits per heavy atom. The maximum atomic E-state index is 4.71. The number of hydrogen-bond donors (Lipinski definition) is 0. The van der Waals surface area contributed by atoms with Gasteiger partial charge in [-0.15, -0.1) is 10.2 Å². The maximum Gasteiger partial charge on any atom is 0.209 e. The van der Waals surface area contributed by atoms with Crippen molar-refractivity contribution >= 4 is 58.0 Å². The van der Waals surface area contributed by atoms with Crippen LogP contribution in [0.3, 0.4) is 0 Å². The lowest BCUT2D eigenvalue weighted by Crippen LogP contribution is -2.38. The van der Waals surface area contributed by atoms with Crippen LogP contribution in [0.25, 0.3) is 6.08 Å². The summed E-state index contributed by atoms with van der Waals surface area (Å²) in [6, 6.07) is 26.7. The first-order valence-corrected chi connectivity index (χ1v) is 20.2. The zero-order chi connectivity index (χ0) is 35.0. The van der Waals surface area contributed by atoms with Gasteiger partial charge in [-0.2, -0.15) is 4.58 Å². The molecule has 50 heavy (non-hydrogen) atoms. The van der Waals surface area contributed by atoms with Gasteiger partial charge in [0.15, 0.2) is 14.4 Å². The summed E-state index contributed by atoms with van der Waals surface area (Å²) < 4.78 is 4.38. The number of aromatic nitrogens is 2. The molecule has 7 heteroatoms. The van der Waals surface area contributed by atoms with Gasteiger partial charge in [-0.3, -0.25) is 0 Å². The molecule has 0 saturated carbocycles. The van der Waals surface area contributed by atoms with Crippen LogP contribution in [0.4, 0.5) is 11.4 Å². The van der Waals surface area contributed by atoms with E-state index in [1.54, 1.807) is 23.1 Å². The van der Waals surface area contributed by atoms with E-state index in [-0.39, 0.29) is 10.8 Å². The normalized spacial score (nSPS) is 20.2. The molecule has 0 saturated heterocycles. The van der Waals surface area contributed by atoms with Crippen molar-refractivity contribution in [3.05, 3.63) is 136 Å². The van der Waals surface area contributed by atoms with Crippen molar-refractivity contribution in [2.24, 2.45) is 0 Å². The Labute approximate surface area is 310 Å². The van der Waals surface area contributed by atoms with Gasteiger partial charge in [0.1, 0.15) is 7.05 Å². The Bertz CT molecular complexity index is 2040. The number of anilines is 1. The molecule has 1 aliphatic carbocycles. The van der Waals surface area contributed by atoms with Gasteiger partial charge in [0.05, 0.1) is 5.41 Å². The molecule has 256 valence electrons. The van der Waals surface area contributed by atoms with E-state index in [2.05, 4.69) is 154 Å². The van der Waals surface area contributed by atoms with Crippen LogP contribution in [-0.2, 0) is 16.6 Å². The molecule has 2 aliphatic heterocycles. The first kappa shape index (κ1) is 34.8. The minimum absolute atomic E-state index is 0.0615. The average molecular weight is 716 g/mol. The van der Waals surface area contributed by atoms with Crippen molar-refractivity contribution in [1.82, 2.24) is 10.2 Å². The van der Waals surface area contributed by atoms with Gasteiger partial charge in [0.2, 0.25) is 5.69 Å². The van der Waals surface area contributed by atoms with Crippen LogP contribution in [0.5, 0.6) is 0 Å². The van der Waals surface area contributed by atoms with Crippen LogP contribution < -0.4 is 4.90 Å². The van der Waals surface area contributed by atoms with Crippen LogP contribution in [-0.4, -0.2) is 40.6 Å². The lowest BCUT2D eigenvalue weighted by molar-refractivity contribution is -0.401. The van der Waals surface area contributed by atoms with Gasteiger partial charge < -0.3 is 4.90 Å². The quantitative estimate of drug-likeness (QED) is 0.121. The number of likely N-dealkylation sites (N-methyl/N-ethyl adjacent to an activating group) is 1. The van der Waals surface area contributed by atoms with E-state index in [0.717, 1.165) is 45.7 Å². The number of hydrogen-bond acceptors (Lipinski definition) is 6.